The Balaban J connectivity index is 1.58. The maximum absolute atomic E-state index is 12.9. The highest BCUT2D eigenvalue weighted by molar-refractivity contribution is 5.90. The third-order valence-corrected chi connectivity index (χ3v) is 4.36. The number of nitrogens with zero attached hydrogens (tertiary/aromatic N) is 6. The maximum Gasteiger partial charge on any atom is 0.433 e. The number of nitrogens with one attached hydrogen (secondary N) is 1. The van der Waals surface area contributed by atoms with E-state index >= 15 is 0 Å². The van der Waals surface area contributed by atoms with Crippen LogP contribution in [-0.4, -0.2) is 35.4 Å². The molecule has 0 aliphatic carbocycles. The van der Waals surface area contributed by atoms with Crippen molar-refractivity contribution >= 4 is 5.91 Å². The van der Waals surface area contributed by atoms with E-state index < -0.39 is 11.9 Å². The van der Waals surface area contributed by atoms with Gasteiger partial charge in [0.05, 0.1) is 17.4 Å². The Morgan fingerprint density at radius 1 is 1.30 bits per heavy atom. The zero-order chi connectivity index (χ0) is 19.2. The first-order valence-corrected chi connectivity index (χ1v) is 8.09. The third-order valence-electron chi connectivity index (χ3n) is 4.36. The Bertz CT molecular complexity index is 1010. The Kier molecular flexibility index (Phi) is 3.93. The minimum absolute atomic E-state index is 0.178. The number of amides is 1. The number of carbonyl (C=O) groups is 1. The zero-order valence-electron chi connectivity index (χ0n) is 14.1. The molecule has 1 aliphatic rings. The number of aryl methyl sites for hydroxylation is 2. The van der Waals surface area contributed by atoms with E-state index in [0.717, 1.165) is 18.0 Å². The van der Waals surface area contributed by atoms with Crippen molar-refractivity contribution in [3.05, 3.63) is 47.9 Å². The number of hydrogen-bond acceptors (Lipinski definition) is 5. The number of alkyl halides is 3. The summed E-state index contributed by atoms with van der Waals surface area (Å²) in [5.41, 5.74) is 0.472. The van der Waals surface area contributed by atoms with Gasteiger partial charge in [-0.25, -0.2) is 9.67 Å². The number of rotatable bonds is 3. The highest BCUT2D eigenvalue weighted by Gasteiger charge is 2.33. The maximum atomic E-state index is 12.9. The average Bonchev–Trinajstić information content (AvgIpc) is 3.31. The van der Waals surface area contributed by atoms with Crippen LogP contribution in [0.15, 0.2) is 30.7 Å². The van der Waals surface area contributed by atoms with Gasteiger partial charge >= 0.3 is 6.18 Å². The van der Waals surface area contributed by atoms with Crippen LogP contribution in [-0.2, 0) is 19.8 Å². The van der Waals surface area contributed by atoms with Crippen molar-refractivity contribution < 1.29 is 18.0 Å². The molecule has 27 heavy (non-hydrogen) atoms. The van der Waals surface area contributed by atoms with Gasteiger partial charge in [0.15, 0.2) is 0 Å². The molecule has 3 aromatic heterocycles. The first kappa shape index (κ1) is 17.2. The molecule has 140 valence electrons. The van der Waals surface area contributed by atoms with E-state index in [-0.39, 0.29) is 17.8 Å². The molecule has 4 rings (SSSR count). The van der Waals surface area contributed by atoms with Gasteiger partial charge in [0.25, 0.3) is 5.91 Å². The van der Waals surface area contributed by atoms with Gasteiger partial charge in [-0.3, -0.25) is 14.5 Å². The largest absolute Gasteiger partial charge is 0.433 e. The van der Waals surface area contributed by atoms with Gasteiger partial charge in [-0.15, -0.1) is 0 Å². The molecule has 0 spiro atoms. The first-order valence-electron chi connectivity index (χ1n) is 8.09. The summed E-state index contributed by atoms with van der Waals surface area (Å²) in [6.07, 6.45) is -1.50. The van der Waals surface area contributed by atoms with Gasteiger partial charge in [-0.1, -0.05) is 0 Å². The Labute approximate surface area is 151 Å². The number of hydrogen-bond donors (Lipinski definition) is 1. The Hall–Kier alpha value is -3.24. The van der Waals surface area contributed by atoms with Crippen molar-refractivity contribution in [2.24, 2.45) is 7.05 Å². The van der Waals surface area contributed by atoms with Crippen LogP contribution < -0.4 is 5.32 Å². The van der Waals surface area contributed by atoms with Crippen LogP contribution in [0.2, 0.25) is 0 Å². The van der Waals surface area contributed by atoms with Crippen molar-refractivity contribution in [3.63, 3.8) is 0 Å². The molecule has 0 radical (unpaired) electrons. The number of halogens is 3. The second-order valence-electron chi connectivity index (χ2n) is 6.13. The fraction of sp³-hybridized carbons (Fsp3) is 0.312. The molecule has 0 aromatic carbocycles. The quantitative estimate of drug-likeness (QED) is 0.754. The van der Waals surface area contributed by atoms with E-state index in [1.54, 1.807) is 17.8 Å². The molecular weight excluding hydrogens is 363 g/mol. The van der Waals surface area contributed by atoms with E-state index in [0.29, 0.717) is 24.2 Å². The van der Waals surface area contributed by atoms with Crippen LogP contribution in [0.4, 0.5) is 13.2 Å². The average molecular weight is 377 g/mol. The van der Waals surface area contributed by atoms with Gasteiger partial charge in [-0.2, -0.15) is 23.4 Å². The number of fused-ring (bicyclic) bond motifs is 1. The van der Waals surface area contributed by atoms with Crippen LogP contribution in [0, 0.1) is 0 Å². The number of aromatic nitrogens is 6. The lowest BCUT2D eigenvalue weighted by molar-refractivity contribution is -0.141. The van der Waals surface area contributed by atoms with E-state index in [2.05, 4.69) is 25.5 Å². The van der Waals surface area contributed by atoms with E-state index in [1.165, 1.54) is 17.1 Å². The second-order valence-corrected chi connectivity index (χ2v) is 6.13. The molecular formula is C16H14F3N7O. The summed E-state index contributed by atoms with van der Waals surface area (Å²) >= 11 is 0. The normalized spacial score (nSPS) is 16.4. The predicted octanol–water partition coefficient (Wildman–Crippen LogP) is 1.97. The summed E-state index contributed by atoms with van der Waals surface area (Å²) in [6, 6.07) is 3.81. The summed E-state index contributed by atoms with van der Waals surface area (Å²) in [5.74, 6) is -0.198. The van der Waals surface area contributed by atoms with Gasteiger partial charge in [0, 0.05) is 25.4 Å². The van der Waals surface area contributed by atoms with Gasteiger partial charge < -0.3 is 5.32 Å². The highest BCUT2D eigenvalue weighted by Crippen LogP contribution is 2.33. The minimum Gasteiger partial charge on any atom is -0.341 e. The lowest BCUT2D eigenvalue weighted by Crippen LogP contribution is -2.29. The smallest absolute Gasteiger partial charge is 0.341 e. The molecule has 3 aromatic rings. The Morgan fingerprint density at radius 2 is 2.11 bits per heavy atom. The molecule has 8 nitrogen and oxygen atoms in total. The molecule has 1 unspecified atom stereocenters. The Morgan fingerprint density at radius 3 is 2.81 bits per heavy atom. The van der Waals surface area contributed by atoms with Crippen molar-refractivity contribution in [2.75, 3.05) is 0 Å². The van der Waals surface area contributed by atoms with Crippen LogP contribution in [0.25, 0.3) is 11.3 Å². The molecule has 0 saturated carbocycles. The molecule has 0 fully saturated rings. The fourth-order valence-corrected chi connectivity index (χ4v) is 3.05. The molecule has 1 N–H and O–H groups in total. The molecule has 1 atom stereocenters. The molecule has 11 heteroatoms. The second kappa shape index (κ2) is 6.18. The molecule has 0 bridgehead atoms. The van der Waals surface area contributed by atoms with Crippen LogP contribution >= 0.6 is 0 Å². The molecule has 1 amide bonds. The van der Waals surface area contributed by atoms with Crippen molar-refractivity contribution in [1.82, 2.24) is 34.8 Å². The number of carbonyl (C=O) groups excluding carboxylic acids is 1. The van der Waals surface area contributed by atoms with Crippen molar-refractivity contribution in [1.29, 1.82) is 0 Å². The monoisotopic (exact) mass is 377 g/mol. The molecule has 4 heterocycles. The SMILES string of the molecule is Cn1ncnc1C(=O)NC1CCn2nc(-c3ccnc(C(F)(F)F)c3)cc21. The summed E-state index contributed by atoms with van der Waals surface area (Å²) in [4.78, 5) is 19.6. The van der Waals surface area contributed by atoms with E-state index in [1.807, 2.05) is 0 Å². The van der Waals surface area contributed by atoms with Crippen LogP contribution in [0.3, 0.4) is 0 Å². The van der Waals surface area contributed by atoms with Crippen LogP contribution in [0.1, 0.15) is 34.5 Å². The van der Waals surface area contributed by atoms with Gasteiger partial charge in [0.2, 0.25) is 5.82 Å². The first-order chi connectivity index (χ1) is 12.8. The number of pyridine rings is 1. The molecule has 1 aliphatic heterocycles. The summed E-state index contributed by atoms with van der Waals surface area (Å²) in [7, 11) is 1.61. The fourth-order valence-electron chi connectivity index (χ4n) is 3.05. The predicted molar refractivity (Wildman–Crippen MR) is 86.3 cm³/mol. The summed E-state index contributed by atoms with van der Waals surface area (Å²) in [6.45, 7) is 0.552. The lowest BCUT2D eigenvalue weighted by atomic mass is 10.1. The van der Waals surface area contributed by atoms with E-state index in [4.69, 9.17) is 0 Å². The summed E-state index contributed by atoms with van der Waals surface area (Å²) in [5, 5.41) is 11.1. The zero-order valence-corrected chi connectivity index (χ0v) is 14.1. The van der Waals surface area contributed by atoms with Gasteiger partial charge in [0.1, 0.15) is 12.0 Å². The van der Waals surface area contributed by atoms with E-state index in [9.17, 15) is 18.0 Å². The third kappa shape index (κ3) is 3.15. The van der Waals surface area contributed by atoms with Crippen molar-refractivity contribution in [3.8, 4) is 11.3 Å². The summed E-state index contributed by atoms with van der Waals surface area (Å²) < 4.78 is 41.7. The standard InChI is InChI=1S/C16H14F3N7O/c1-25-14(21-8-22-25)15(27)23-10-3-5-26-12(10)7-11(24-26)9-2-4-20-13(6-9)16(17,18)19/h2,4,6-8,10H,3,5H2,1H3,(H,23,27). The topological polar surface area (TPSA) is 90.5 Å². The molecule has 0 saturated heterocycles. The highest BCUT2D eigenvalue weighted by atomic mass is 19.4. The minimum atomic E-state index is -4.52. The van der Waals surface area contributed by atoms with Crippen molar-refractivity contribution in [2.45, 2.75) is 25.2 Å². The lowest BCUT2D eigenvalue weighted by Gasteiger charge is -2.11. The van der Waals surface area contributed by atoms with Crippen LogP contribution in [0.5, 0.6) is 0 Å². The van der Waals surface area contributed by atoms with Gasteiger partial charge in [-0.05, 0) is 24.6 Å².